The molecule has 0 aromatic heterocycles. The summed E-state index contributed by atoms with van der Waals surface area (Å²) in [7, 11) is 0. The van der Waals surface area contributed by atoms with Gasteiger partial charge in [-0.05, 0) is 31.4 Å². The average Bonchev–Trinajstić information content (AvgIpc) is 2.63. The molecule has 2 rings (SSSR count). The SMILES string of the molecule is CC1CNC(C)(C2CCCS2)OC1. The topological polar surface area (TPSA) is 21.3 Å². The Kier molecular flexibility index (Phi) is 2.86. The van der Waals surface area contributed by atoms with E-state index in [-0.39, 0.29) is 5.72 Å². The lowest BCUT2D eigenvalue weighted by molar-refractivity contribution is -0.101. The first-order chi connectivity index (χ1) is 6.21. The predicted molar refractivity (Wildman–Crippen MR) is 57.0 cm³/mol. The van der Waals surface area contributed by atoms with E-state index in [9.17, 15) is 0 Å². The third-order valence-corrected chi connectivity index (χ3v) is 4.63. The number of ether oxygens (including phenoxy) is 1. The second-order valence-electron chi connectivity index (χ2n) is 4.41. The van der Waals surface area contributed by atoms with E-state index in [4.69, 9.17) is 4.74 Å². The summed E-state index contributed by atoms with van der Waals surface area (Å²) in [6.45, 7) is 6.46. The predicted octanol–water partition coefficient (Wildman–Crippen LogP) is 1.85. The molecule has 2 fully saturated rings. The fraction of sp³-hybridized carbons (Fsp3) is 1.00. The van der Waals surface area contributed by atoms with Crippen LogP contribution in [-0.2, 0) is 4.74 Å². The van der Waals surface area contributed by atoms with Crippen LogP contribution in [0.5, 0.6) is 0 Å². The van der Waals surface area contributed by atoms with E-state index in [0.717, 1.165) is 13.2 Å². The zero-order valence-corrected chi connectivity index (χ0v) is 9.32. The molecule has 2 aliphatic heterocycles. The molecule has 3 atom stereocenters. The van der Waals surface area contributed by atoms with Gasteiger partial charge in [-0.2, -0.15) is 11.8 Å². The van der Waals surface area contributed by atoms with Crippen LogP contribution in [0.4, 0.5) is 0 Å². The molecule has 0 spiro atoms. The fourth-order valence-corrected chi connectivity index (χ4v) is 3.44. The Hall–Kier alpha value is 0.270. The van der Waals surface area contributed by atoms with Gasteiger partial charge in [-0.1, -0.05) is 6.92 Å². The zero-order chi connectivity index (χ0) is 9.31. The Morgan fingerprint density at radius 1 is 1.54 bits per heavy atom. The van der Waals surface area contributed by atoms with Crippen LogP contribution < -0.4 is 5.32 Å². The van der Waals surface area contributed by atoms with Crippen molar-refractivity contribution in [3.63, 3.8) is 0 Å². The van der Waals surface area contributed by atoms with E-state index in [0.29, 0.717) is 11.2 Å². The molecule has 2 aliphatic rings. The maximum atomic E-state index is 5.93. The van der Waals surface area contributed by atoms with Crippen LogP contribution in [0.2, 0.25) is 0 Å². The summed E-state index contributed by atoms with van der Waals surface area (Å²) in [6.07, 6.45) is 2.66. The van der Waals surface area contributed by atoms with Gasteiger partial charge in [0.25, 0.3) is 0 Å². The van der Waals surface area contributed by atoms with Gasteiger partial charge in [-0.3, -0.25) is 5.32 Å². The fourth-order valence-electron chi connectivity index (χ4n) is 2.02. The van der Waals surface area contributed by atoms with Crippen molar-refractivity contribution in [2.45, 2.75) is 37.7 Å². The van der Waals surface area contributed by atoms with Crippen molar-refractivity contribution in [1.29, 1.82) is 0 Å². The van der Waals surface area contributed by atoms with Crippen molar-refractivity contribution >= 4 is 11.8 Å². The first-order valence-electron chi connectivity index (χ1n) is 5.21. The van der Waals surface area contributed by atoms with E-state index in [1.54, 1.807) is 0 Å². The van der Waals surface area contributed by atoms with Crippen LogP contribution in [0, 0.1) is 5.92 Å². The van der Waals surface area contributed by atoms with Gasteiger partial charge in [0.2, 0.25) is 0 Å². The Morgan fingerprint density at radius 3 is 2.92 bits per heavy atom. The molecule has 0 aliphatic carbocycles. The minimum Gasteiger partial charge on any atom is -0.359 e. The van der Waals surface area contributed by atoms with Crippen LogP contribution >= 0.6 is 11.8 Å². The lowest BCUT2D eigenvalue weighted by Crippen LogP contribution is -2.57. The molecule has 2 heterocycles. The molecule has 76 valence electrons. The Balaban J connectivity index is 1.95. The molecule has 0 amide bonds. The van der Waals surface area contributed by atoms with Gasteiger partial charge in [0.15, 0.2) is 0 Å². The summed E-state index contributed by atoms with van der Waals surface area (Å²) in [5.74, 6) is 1.97. The van der Waals surface area contributed by atoms with E-state index in [1.807, 2.05) is 0 Å². The van der Waals surface area contributed by atoms with Gasteiger partial charge in [0, 0.05) is 11.8 Å². The summed E-state index contributed by atoms with van der Waals surface area (Å²) >= 11 is 2.06. The highest BCUT2D eigenvalue weighted by molar-refractivity contribution is 8.00. The molecule has 3 unspecified atom stereocenters. The zero-order valence-electron chi connectivity index (χ0n) is 8.51. The number of thioether (sulfide) groups is 1. The third kappa shape index (κ3) is 2.03. The molecule has 13 heavy (non-hydrogen) atoms. The summed E-state index contributed by atoms with van der Waals surface area (Å²) in [4.78, 5) is 0. The summed E-state index contributed by atoms with van der Waals surface area (Å²) < 4.78 is 5.93. The van der Waals surface area contributed by atoms with Crippen molar-refractivity contribution in [2.24, 2.45) is 5.92 Å². The molecule has 2 nitrogen and oxygen atoms in total. The Morgan fingerprint density at radius 2 is 2.38 bits per heavy atom. The Bertz CT molecular complexity index is 172. The van der Waals surface area contributed by atoms with Gasteiger partial charge in [0.1, 0.15) is 5.72 Å². The van der Waals surface area contributed by atoms with E-state index >= 15 is 0 Å². The lowest BCUT2D eigenvalue weighted by atomic mass is 10.0. The minimum atomic E-state index is -0.0479. The molecule has 0 radical (unpaired) electrons. The number of hydrogen-bond acceptors (Lipinski definition) is 3. The maximum absolute atomic E-state index is 5.93. The summed E-state index contributed by atoms with van der Waals surface area (Å²) in [5, 5.41) is 4.21. The number of nitrogens with one attached hydrogen (secondary N) is 1. The van der Waals surface area contributed by atoms with Crippen molar-refractivity contribution in [1.82, 2.24) is 5.32 Å². The molecule has 0 aromatic rings. The maximum Gasteiger partial charge on any atom is 0.128 e. The minimum absolute atomic E-state index is 0.0479. The highest BCUT2D eigenvalue weighted by Crippen LogP contribution is 2.36. The number of rotatable bonds is 1. The van der Waals surface area contributed by atoms with Crippen LogP contribution in [0.15, 0.2) is 0 Å². The molecule has 3 heteroatoms. The molecular weight excluding hydrogens is 182 g/mol. The van der Waals surface area contributed by atoms with Crippen LogP contribution in [0.3, 0.4) is 0 Å². The van der Waals surface area contributed by atoms with Gasteiger partial charge in [-0.15, -0.1) is 0 Å². The molecular formula is C10H19NOS. The largest absolute Gasteiger partial charge is 0.359 e. The van der Waals surface area contributed by atoms with Crippen LogP contribution in [0.1, 0.15) is 26.7 Å². The standard InChI is InChI=1S/C10H19NOS/c1-8-6-11-10(2,12-7-8)9-4-3-5-13-9/h8-9,11H,3-7H2,1-2H3. The van der Waals surface area contributed by atoms with Gasteiger partial charge in [-0.25, -0.2) is 0 Å². The van der Waals surface area contributed by atoms with Gasteiger partial charge < -0.3 is 4.74 Å². The van der Waals surface area contributed by atoms with Crippen molar-refractivity contribution in [2.75, 3.05) is 18.9 Å². The number of hydrogen-bond donors (Lipinski definition) is 1. The van der Waals surface area contributed by atoms with Crippen molar-refractivity contribution < 1.29 is 4.74 Å². The molecule has 0 aromatic carbocycles. The van der Waals surface area contributed by atoms with Crippen LogP contribution in [-0.4, -0.2) is 29.9 Å². The molecule has 2 saturated heterocycles. The summed E-state index contributed by atoms with van der Waals surface area (Å²) in [6, 6.07) is 0. The van der Waals surface area contributed by atoms with E-state index < -0.39 is 0 Å². The van der Waals surface area contributed by atoms with Gasteiger partial charge >= 0.3 is 0 Å². The quantitative estimate of drug-likeness (QED) is 0.699. The molecule has 0 saturated carbocycles. The third-order valence-electron chi connectivity index (χ3n) is 3.01. The normalized spacial score (nSPS) is 46.6. The monoisotopic (exact) mass is 201 g/mol. The lowest BCUT2D eigenvalue weighted by Gasteiger charge is -2.41. The molecule has 1 N–H and O–H groups in total. The first-order valence-corrected chi connectivity index (χ1v) is 6.26. The first kappa shape index (κ1) is 9.81. The van der Waals surface area contributed by atoms with Crippen molar-refractivity contribution in [3.05, 3.63) is 0 Å². The average molecular weight is 201 g/mol. The molecule has 0 bridgehead atoms. The van der Waals surface area contributed by atoms with Crippen LogP contribution in [0.25, 0.3) is 0 Å². The highest BCUT2D eigenvalue weighted by atomic mass is 32.2. The second-order valence-corrected chi connectivity index (χ2v) is 5.72. The second kappa shape index (κ2) is 3.79. The Labute approximate surface area is 84.8 Å². The van der Waals surface area contributed by atoms with E-state index in [1.165, 1.54) is 18.6 Å². The summed E-state index contributed by atoms with van der Waals surface area (Å²) in [5.41, 5.74) is -0.0479. The van der Waals surface area contributed by atoms with Crippen molar-refractivity contribution in [3.8, 4) is 0 Å². The van der Waals surface area contributed by atoms with E-state index in [2.05, 4.69) is 30.9 Å². The smallest absolute Gasteiger partial charge is 0.128 e. The van der Waals surface area contributed by atoms with Gasteiger partial charge in [0.05, 0.1) is 6.61 Å². The highest BCUT2D eigenvalue weighted by Gasteiger charge is 2.39.